The fraction of sp³-hybridized carbons (Fsp3) is 0.476. The van der Waals surface area contributed by atoms with Gasteiger partial charge in [0, 0.05) is 6.42 Å². The summed E-state index contributed by atoms with van der Waals surface area (Å²) < 4.78 is 10.2. The number of aliphatic hydroxyl groups excluding tert-OH is 1. The molecular formula is C21H27NO5. The van der Waals surface area contributed by atoms with Crippen molar-refractivity contribution in [3.63, 3.8) is 0 Å². The van der Waals surface area contributed by atoms with E-state index in [9.17, 15) is 14.7 Å². The Balaban J connectivity index is 2.65. The van der Waals surface area contributed by atoms with Crippen molar-refractivity contribution in [2.24, 2.45) is 16.3 Å². The molecule has 0 saturated heterocycles. The predicted molar refractivity (Wildman–Crippen MR) is 104 cm³/mol. The lowest BCUT2D eigenvalue weighted by molar-refractivity contribution is -0.150. The van der Waals surface area contributed by atoms with Gasteiger partial charge in [0.2, 0.25) is 0 Å². The summed E-state index contributed by atoms with van der Waals surface area (Å²) in [5.74, 6) is -1.38. The summed E-state index contributed by atoms with van der Waals surface area (Å²) in [4.78, 5) is 29.8. The van der Waals surface area contributed by atoms with E-state index in [2.05, 4.69) is 4.99 Å². The van der Waals surface area contributed by atoms with Gasteiger partial charge in [0.05, 0.1) is 25.5 Å². The molecule has 0 aliphatic heterocycles. The van der Waals surface area contributed by atoms with E-state index >= 15 is 0 Å². The van der Waals surface area contributed by atoms with Crippen molar-refractivity contribution in [1.29, 1.82) is 0 Å². The number of aliphatic imine (C=N–C) groups is 1. The van der Waals surface area contributed by atoms with Crippen molar-refractivity contribution in [3.05, 3.63) is 35.6 Å². The van der Waals surface area contributed by atoms with Gasteiger partial charge < -0.3 is 14.6 Å². The molecule has 2 rings (SSSR count). The highest BCUT2D eigenvalue weighted by molar-refractivity contribution is 6.24. The van der Waals surface area contributed by atoms with Gasteiger partial charge in [0.15, 0.2) is 5.78 Å². The molecule has 0 fully saturated rings. The van der Waals surface area contributed by atoms with E-state index in [1.807, 2.05) is 19.1 Å². The van der Waals surface area contributed by atoms with Crippen molar-refractivity contribution in [1.82, 2.24) is 0 Å². The molecular weight excluding hydrogens is 346 g/mol. The Hall–Kier alpha value is -2.63. The van der Waals surface area contributed by atoms with Gasteiger partial charge in [-0.05, 0) is 24.0 Å². The fourth-order valence-electron chi connectivity index (χ4n) is 3.46. The van der Waals surface area contributed by atoms with Crippen molar-refractivity contribution < 1.29 is 24.2 Å². The maximum Gasteiger partial charge on any atom is 0.316 e. The van der Waals surface area contributed by atoms with Crippen LogP contribution in [0.2, 0.25) is 0 Å². The number of allylic oxidation sites excluding steroid dienone is 1. The van der Waals surface area contributed by atoms with Crippen LogP contribution in [-0.2, 0) is 14.3 Å². The number of hydrogen-bond acceptors (Lipinski definition) is 6. The van der Waals surface area contributed by atoms with E-state index in [1.165, 1.54) is 7.11 Å². The average molecular weight is 373 g/mol. The molecule has 6 heteroatoms. The van der Waals surface area contributed by atoms with Crippen LogP contribution in [0.5, 0.6) is 5.75 Å². The smallest absolute Gasteiger partial charge is 0.316 e. The number of Topliss-reactive ketones (excluding diaryl/α,β-unsaturated/α-hetero) is 1. The molecule has 0 bridgehead atoms. The van der Waals surface area contributed by atoms with E-state index in [4.69, 9.17) is 9.47 Å². The zero-order valence-electron chi connectivity index (χ0n) is 16.5. The summed E-state index contributed by atoms with van der Waals surface area (Å²) in [7, 11) is 2.82. The summed E-state index contributed by atoms with van der Waals surface area (Å²) in [5, 5.41) is 10.9. The lowest BCUT2D eigenvalue weighted by Gasteiger charge is -2.36. The first kappa shape index (κ1) is 20.7. The highest BCUT2D eigenvalue weighted by Crippen LogP contribution is 2.43. The number of para-hydroxylation sites is 2. The third-order valence-electron chi connectivity index (χ3n) is 4.76. The topological polar surface area (TPSA) is 85.2 Å². The van der Waals surface area contributed by atoms with Crippen LogP contribution in [-0.4, -0.2) is 36.8 Å². The molecule has 0 heterocycles. The number of aliphatic hydroxyl groups is 1. The number of carbonyl (C=O) groups excluding carboxylic acids is 2. The Morgan fingerprint density at radius 1 is 1.30 bits per heavy atom. The standard InChI is InChI=1S/C21H27NO5/c1-6-9-14(22-13-10-7-8-11-16(13)26-4)17-15(23)12-21(2,3)18(19(17)24)20(25)27-5/h7-8,10-11,18,24H,6,9,12H2,1-5H3/t18-/m0/s1. The number of rotatable bonds is 6. The van der Waals surface area contributed by atoms with Gasteiger partial charge in [-0.3, -0.25) is 9.59 Å². The lowest BCUT2D eigenvalue weighted by atomic mass is 9.67. The molecule has 1 aliphatic carbocycles. The molecule has 0 aromatic heterocycles. The second-order valence-corrected chi connectivity index (χ2v) is 7.29. The molecule has 0 saturated carbocycles. The van der Waals surface area contributed by atoms with Crippen LogP contribution in [0.15, 0.2) is 40.6 Å². The molecule has 0 radical (unpaired) electrons. The Labute approximate surface area is 159 Å². The van der Waals surface area contributed by atoms with E-state index in [1.54, 1.807) is 33.1 Å². The van der Waals surface area contributed by atoms with Crippen LogP contribution < -0.4 is 4.74 Å². The largest absolute Gasteiger partial charge is 0.511 e. The molecule has 1 atom stereocenters. The number of methoxy groups -OCH3 is 2. The van der Waals surface area contributed by atoms with Gasteiger partial charge in [-0.1, -0.05) is 39.3 Å². The Morgan fingerprint density at radius 2 is 1.96 bits per heavy atom. The van der Waals surface area contributed by atoms with E-state index < -0.39 is 17.3 Å². The summed E-state index contributed by atoms with van der Waals surface area (Å²) in [6.07, 6.45) is 1.34. The molecule has 6 nitrogen and oxygen atoms in total. The minimum Gasteiger partial charge on any atom is -0.511 e. The first-order valence-corrected chi connectivity index (χ1v) is 9.01. The molecule has 1 aromatic carbocycles. The van der Waals surface area contributed by atoms with Crippen molar-refractivity contribution in [2.45, 2.75) is 40.0 Å². The van der Waals surface area contributed by atoms with Crippen LogP contribution in [0, 0.1) is 11.3 Å². The predicted octanol–water partition coefficient (Wildman–Crippen LogP) is 4.17. The van der Waals surface area contributed by atoms with Crippen LogP contribution in [0.4, 0.5) is 5.69 Å². The van der Waals surface area contributed by atoms with Crippen molar-refractivity contribution in [2.75, 3.05) is 14.2 Å². The van der Waals surface area contributed by atoms with Crippen molar-refractivity contribution in [3.8, 4) is 5.75 Å². The Bertz CT molecular complexity index is 792. The fourth-order valence-corrected chi connectivity index (χ4v) is 3.46. The quantitative estimate of drug-likeness (QED) is 0.597. The van der Waals surface area contributed by atoms with Gasteiger partial charge in [0.25, 0.3) is 0 Å². The maximum atomic E-state index is 12.9. The third-order valence-corrected chi connectivity index (χ3v) is 4.76. The monoisotopic (exact) mass is 373 g/mol. The minimum absolute atomic E-state index is 0.123. The number of hydrogen-bond donors (Lipinski definition) is 1. The number of ether oxygens (including phenoxy) is 2. The van der Waals surface area contributed by atoms with Crippen LogP contribution >= 0.6 is 0 Å². The molecule has 0 spiro atoms. The number of benzene rings is 1. The third kappa shape index (κ3) is 4.21. The number of nitrogens with zero attached hydrogens (tertiary/aromatic N) is 1. The molecule has 0 amide bonds. The highest BCUT2D eigenvalue weighted by atomic mass is 16.5. The minimum atomic E-state index is -0.907. The molecule has 146 valence electrons. The first-order chi connectivity index (χ1) is 12.8. The molecule has 1 aromatic rings. The molecule has 1 aliphatic rings. The zero-order chi connectivity index (χ0) is 20.2. The van der Waals surface area contributed by atoms with Crippen LogP contribution in [0.3, 0.4) is 0 Å². The van der Waals surface area contributed by atoms with Crippen LogP contribution in [0.1, 0.15) is 40.0 Å². The summed E-state index contributed by atoms with van der Waals surface area (Å²) in [6, 6.07) is 7.21. The van der Waals surface area contributed by atoms with Crippen molar-refractivity contribution >= 4 is 23.2 Å². The Kier molecular flexibility index (Phi) is 6.41. The Morgan fingerprint density at radius 3 is 2.56 bits per heavy atom. The van der Waals surface area contributed by atoms with Gasteiger partial charge in [0.1, 0.15) is 23.1 Å². The normalized spacial score (nSPS) is 19.8. The number of ketones is 1. The van der Waals surface area contributed by atoms with E-state index in [0.717, 1.165) is 6.42 Å². The van der Waals surface area contributed by atoms with Gasteiger partial charge in [-0.15, -0.1) is 0 Å². The molecule has 1 N–H and O–H groups in total. The second-order valence-electron chi connectivity index (χ2n) is 7.29. The summed E-state index contributed by atoms with van der Waals surface area (Å²) in [5.41, 5.74) is 0.405. The number of esters is 1. The van der Waals surface area contributed by atoms with E-state index in [-0.39, 0.29) is 23.5 Å². The zero-order valence-corrected chi connectivity index (χ0v) is 16.5. The first-order valence-electron chi connectivity index (χ1n) is 9.01. The van der Waals surface area contributed by atoms with Gasteiger partial charge >= 0.3 is 5.97 Å². The van der Waals surface area contributed by atoms with Crippen LogP contribution in [0.25, 0.3) is 0 Å². The molecule has 0 unspecified atom stereocenters. The lowest BCUT2D eigenvalue weighted by Crippen LogP contribution is -2.41. The number of carbonyl (C=O) groups is 2. The SMILES string of the molecule is CCCC(=Nc1ccccc1OC)C1=C(O)[C@@H](C(=O)OC)C(C)(C)CC1=O. The maximum absolute atomic E-state index is 12.9. The summed E-state index contributed by atoms with van der Waals surface area (Å²) >= 11 is 0. The average Bonchev–Trinajstić information content (AvgIpc) is 2.60. The van der Waals surface area contributed by atoms with Gasteiger partial charge in [-0.2, -0.15) is 0 Å². The summed E-state index contributed by atoms with van der Waals surface area (Å²) in [6.45, 7) is 5.51. The van der Waals surface area contributed by atoms with Gasteiger partial charge in [-0.25, -0.2) is 4.99 Å². The second kappa shape index (κ2) is 8.37. The highest BCUT2D eigenvalue weighted by Gasteiger charge is 2.47. The van der Waals surface area contributed by atoms with E-state index in [0.29, 0.717) is 23.6 Å². The molecule has 27 heavy (non-hydrogen) atoms.